The molecule has 0 radical (unpaired) electrons. The Morgan fingerprint density at radius 1 is 1.21 bits per heavy atom. The first-order valence-electron chi connectivity index (χ1n) is 8.94. The fraction of sp³-hybridized carbons (Fsp3) is 0.227. The van der Waals surface area contributed by atoms with Gasteiger partial charge >= 0.3 is 5.97 Å². The van der Waals surface area contributed by atoms with Gasteiger partial charge in [0.15, 0.2) is 0 Å². The number of benzene rings is 2. The third-order valence-corrected chi connectivity index (χ3v) is 7.18. The van der Waals surface area contributed by atoms with Crippen molar-refractivity contribution < 1.29 is 9.90 Å². The van der Waals surface area contributed by atoms with E-state index in [1.807, 2.05) is 42.6 Å². The van der Waals surface area contributed by atoms with Gasteiger partial charge in [0, 0.05) is 17.2 Å². The monoisotopic (exact) mass is 406 g/mol. The summed E-state index contributed by atoms with van der Waals surface area (Å²) in [4.78, 5) is 13.9. The average molecular weight is 407 g/mol. The number of hydrogen-bond acceptors (Lipinski definition) is 5. The topological polar surface area (TPSA) is 74.0 Å². The standard InChI is InChI=1S/C22H18N2O2S2/c1-22(2,21(25)26)27-18-10-8-14-12-24-28-20(14)19(18)17-9-7-13(11-23)15-5-3-4-6-16(15)17/h3-7,9,12H,8,10H2,1-2H3,(H,25,26). The Morgan fingerprint density at radius 3 is 2.68 bits per heavy atom. The molecule has 0 amide bonds. The fourth-order valence-electron chi connectivity index (χ4n) is 3.48. The van der Waals surface area contributed by atoms with E-state index in [1.54, 1.807) is 13.8 Å². The van der Waals surface area contributed by atoms with Gasteiger partial charge in [-0.25, -0.2) is 4.37 Å². The van der Waals surface area contributed by atoms with Gasteiger partial charge < -0.3 is 5.11 Å². The zero-order chi connectivity index (χ0) is 19.9. The van der Waals surface area contributed by atoms with E-state index in [0.29, 0.717) is 5.56 Å². The summed E-state index contributed by atoms with van der Waals surface area (Å²) in [6.07, 6.45) is 3.56. The molecule has 0 unspecified atom stereocenters. The lowest BCUT2D eigenvalue weighted by Crippen LogP contribution is -2.27. The van der Waals surface area contributed by atoms with Crippen molar-refractivity contribution in [2.45, 2.75) is 31.4 Å². The van der Waals surface area contributed by atoms with E-state index in [2.05, 4.69) is 10.4 Å². The van der Waals surface area contributed by atoms with Gasteiger partial charge in [-0.15, -0.1) is 11.8 Å². The number of hydrogen-bond donors (Lipinski definition) is 1. The fourth-order valence-corrected chi connectivity index (χ4v) is 5.65. The van der Waals surface area contributed by atoms with Gasteiger partial charge in [-0.3, -0.25) is 4.79 Å². The third-order valence-electron chi connectivity index (χ3n) is 4.98. The van der Waals surface area contributed by atoms with Crippen LogP contribution in [-0.2, 0) is 11.2 Å². The minimum atomic E-state index is -0.925. The second-order valence-corrected chi connectivity index (χ2v) is 9.73. The molecule has 0 saturated heterocycles. The molecule has 1 N–H and O–H groups in total. The molecule has 2 aromatic carbocycles. The van der Waals surface area contributed by atoms with Crippen LogP contribution >= 0.6 is 23.3 Å². The van der Waals surface area contributed by atoms with Crippen molar-refractivity contribution in [2.24, 2.45) is 0 Å². The molecule has 3 aromatic rings. The maximum absolute atomic E-state index is 11.7. The number of carboxylic acid groups (broad SMARTS) is 1. The van der Waals surface area contributed by atoms with E-state index in [1.165, 1.54) is 28.9 Å². The van der Waals surface area contributed by atoms with Crippen LogP contribution in [0.1, 0.15) is 41.8 Å². The summed E-state index contributed by atoms with van der Waals surface area (Å²) in [7, 11) is 0. The summed E-state index contributed by atoms with van der Waals surface area (Å²) in [6, 6.07) is 14.0. The molecule has 0 bridgehead atoms. The van der Waals surface area contributed by atoms with Crippen molar-refractivity contribution in [1.82, 2.24) is 4.37 Å². The number of aryl methyl sites for hydroxylation is 1. The molecule has 1 aromatic heterocycles. The van der Waals surface area contributed by atoms with Crippen LogP contribution in [0.4, 0.5) is 0 Å². The molecule has 4 nitrogen and oxygen atoms in total. The van der Waals surface area contributed by atoms with Crippen LogP contribution in [0.2, 0.25) is 0 Å². The number of thioether (sulfide) groups is 1. The van der Waals surface area contributed by atoms with Crippen molar-refractivity contribution in [2.75, 3.05) is 0 Å². The van der Waals surface area contributed by atoms with Crippen molar-refractivity contribution in [3.63, 3.8) is 0 Å². The Kier molecular flexibility index (Phi) is 4.74. The molecule has 0 atom stereocenters. The summed E-state index contributed by atoms with van der Waals surface area (Å²) in [5, 5.41) is 21.0. The molecular formula is C22H18N2O2S2. The maximum atomic E-state index is 11.7. The molecule has 0 saturated carbocycles. The number of fused-ring (bicyclic) bond motifs is 2. The van der Waals surface area contributed by atoms with E-state index in [-0.39, 0.29) is 0 Å². The predicted octanol–water partition coefficient (Wildman–Crippen LogP) is 5.47. The summed E-state index contributed by atoms with van der Waals surface area (Å²) in [6.45, 7) is 3.48. The van der Waals surface area contributed by atoms with Crippen LogP contribution in [0.15, 0.2) is 47.5 Å². The molecule has 0 spiro atoms. The van der Waals surface area contributed by atoms with Gasteiger partial charge in [-0.1, -0.05) is 30.3 Å². The number of allylic oxidation sites excluding steroid dienone is 1. The smallest absolute Gasteiger partial charge is 0.319 e. The largest absolute Gasteiger partial charge is 0.480 e. The zero-order valence-electron chi connectivity index (χ0n) is 15.5. The average Bonchev–Trinajstić information content (AvgIpc) is 3.15. The highest BCUT2D eigenvalue weighted by Gasteiger charge is 2.33. The first-order valence-corrected chi connectivity index (χ1v) is 10.5. The summed E-state index contributed by atoms with van der Waals surface area (Å²) >= 11 is 2.86. The number of rotatable bonds is 4. The van der Waals surface area contributed by atoms with Gasteiger partial charge in [0.05, 0.1) is 16.5 Å². The minimum absolute atomic E-state index is 0.639. The Labute approximate surface area is 171 Å². The van der Waals surface area contributed by atoms with Crippen LogP contribution in [0.25, 0.3) is 16.3 Å². The Hall–Kier alpha value is -2.62. The molecule has 0 fully saturated rings. The van der Waals surface area contributed by atoms with Crippen LogP contribution in [-0.4, -0.2) is 20.2 Å². The van der Waals surface area contributed by atoms with Gasteiger partial charge in [0.25, 0.3) is 0 Å². The molecule has 1 aliphatic rings. The van der Waals surface area contributed by atoms with Gasteiger partial charge in [0.1, 0.15) is 4.75 Å². The highest BCUT2D eigenvalue weighted by atomic mass is 32.2. The van der Waals surface area contributed by atoms with Gasteiger partial charge in [-0.05, 0) is 65.7 Å². The third kappa shape index (κ3) is 3.11. The lowest BCUT2D eigenvalue weighted by Gasteiger charge is -2.26. The molecule has 1 heterocycles. The van der Waals surface area contributed by atoms with Crippen molar-refractivity contribution in [3.8, 4) is 6.07 Å². The SMILES string of the molecule is CC(C)(SC1=C(c2ccc(C#N)c3ccccc23)c2sncc2CC1)C(=O)O. The van der Waals surface area contributed by atoms with Crippen LogP contribution in [0.3, 0.4) is 0 Å². The molecular weight excluding hydrogens is 388 g/mol. The number of nitriles is 1. The number of aromatic nitrogens is 1. The number of carboxylic acids is 1. The number of carbonyl (C=O) groups is 1. The highest BCUT2D eigenvalue weighted by molar-refractivity contribution is 8.05. The highest BCUT2D eigenvalue weighted by Crippen LogP contribution is 2.47. The number of aliphatic carboxylic acids is 1. The zero-order valence-corrected chi connectivity index (χ0v) is 17.2. The first-order chi connectivity index (χ1) is 13.4. The first kappa shape index (κ1) is 18.7. The lowest BCUT2D eigenvalue weighted by atomic mass is 9.89. The van der Waals surface area contributed by atoms with Crippen LogP contribution < -0.4 is 0 Å². The maximum Gasteiger partial charge on any atom is 0.319 e. The second-order valence-electron chi connectivity index (χ2n) is 7.21. The van der Waals surface area contributed by atoms with E-state index in [4.69, 9.17) is 0 Å². The van der Waals surface area contributed by atoms with Gasteiger partial charge in [0.2, 0.25) is 0 Å². The molecule has 28 heavy (non-hydrogen) atoms. The van der Waals surface area contributed by atoms with E-state index < -0.39 is 10.7 Å². The Balaban J connectivity index is 2.00. The molecule has 140 valence electrons. The van der Waals surface area contributed by atoms with Crippen molar-refractivity contribution in [1.29, 1.82) is 5.26 Å². The van der Waals surface area contributed by atoms with Gasteiger partial charge in [-0.2, -0.15) is 5.26 Å². The normalized spacial score (nSPS) is 14.0. The minimum Gasteiger partial charge on any atom is -0.480 e. The molecule has 4 rings (SSSR count). The number of nitrogens with zero attached hydrogens (tertiary/aromatic N) is 2. The van der Waals surface area contributed by atoms with Crippen molar-refractivity contribution >= 4 is 45.6 Å². The van der Waals surface area contributed by atoms with Crippen molar-refractivity contribution in [3.05, 3.63) is 69.1 Å². The quantitative estimate of drug-likeness (QED) is 0.622. The Morgan fingerprint density at radius 2 is 1.96 bits per heavy atom. The van der Waals surface area contributed by atoms with Crippen LogP contribution in [0, 0.1) is 11.3 Å². The lowest BCUT2D eigenvalue weighted by molar-refractivity contribution is -0.138. The molecule has 0 aliphatic heterocycles. The predicted molar refractivity (Wildman–Crippen MR) is 114 cm³/mol. The molecule has 1 aliphatic carbocycles. The van der Waals surface area contributed by atoms with E-state index in [9.17, 15) is 15.2 Å². The van der Waals surface area contributed by atoms with Crippen LogP contribution in [0.5, 0.6) is 0 Å². The molecule has 6 heteroatoms. The summed E-state index contributed by atoms with van der Waals surface area (Å²) < 4.78 is 3.46. The van der Waals surface area contributed by atoms with E-state index >= 15 is 0 Å². The Bertz CT molecular complexity index is 1170. The second kappa shape index (κ2) is 7.08. The summed E-state index contributed by atoms with van der Waals surface area (Å²) in [5.41, 5.74) is 3.93. The van der Waals surface area contributed by atoms with E-state index in [0.717, 1.165) is 44.5 Å². The summed E-state index contributed by atoms with van der Waals surface area (Å²) in [5.74, 6) is -0.830.